The van der Waals surface area contributed by atoms with E-state index in [4.69, 9.17) is 12.3 Å². The van der Waals surface area contributed by atoms with Gasteiger partial charge in [-0.15, -0.1) is 12.3 Å². The van der Waals surface area contributed by atoms with E-state index in [9.17, 15) is 0 Å². The molecule has 2 rings (SSSR count). The first kappa shape index (κ1) is 12.6. The molecule has 1 atom stereocenters. The SMILES string of the molecule is C#CCCCC(NN)c1nccc2ccccc12. The molecule has 0 saturated heterocycles. The van der Waals surface area contributed by atoms with Crippen molar-refractivity contribution in [3.8, 4) is 12.3 Å². The van der Waals surface area contributed by atoms with Crippen molar-refractivity contribution in [1.82, 2.24) is 10.4 Å². The summed E-state index contributed by atoms with van der Waals surface area (Å²) in [5.74, 6) is 8.28. The Morgan fingerprint density at radius 3 is 2.94 bits per heavy atom. The Hall–Kier alpha value is -1.89. The lowest BCUT2D eigenvalue weighted by molar-refractivity contribution is 0.495. The van der Waals surface area contributed by atoms with Crippen molar-refractivity contribution < 1.29 is 0 Å². The number of rotatable bonds is 5. The molecule has 0 amide bonds. The lowest BCUT2D eigenvalue weighted by atomic mass is 10.0. The van der Waals surface area contributed by atoms with Gasteiger partial charge in [0.05, 0.1) is 11.7 Å². The minimum absolute atomic E-state index is 0.0458. The van der Waals surface area contributed by atoms with Crippen molar-refractivity contribution in [3.63, 3.8) is 0 Å². The number of nitrogens with zero attached hydrogens (tertiary/aromatic N) is 1. The van der Waals surface area contributed by atoms with Crippen LogP contribution in [0.2, 0.25) is 0 Å². The molecule has 1 aromatic heterocycles. The average molecular weight is 239 g/mol. The topological polar surface area (TPSA) is 50.9 Å². The summed E-state index contributed by atoms with van der Waals surface area (Å²) < 4.78 is 0. The van der Waals surface area contributed by atoms with Crippen LogP contribution < -0.4 is 11.3 Å². The van der Waals surface area contributed by atoms with E-state index >= 15 is 0 Å². The molecular weight excluding hydrogens is 222 g/mol. The fraction of sp³-hybridized carbons (Fsp3) is 0.267. The first-order chi connectivity index (χ1) is 8.86. The summed E-state index contributed by atoms with van der Waals surface area (Å²) in [4.78, 5) is 4.46. The minimum Gasteiger partial charge on any atom is -0.271 e. The standard InChI is InChI=1S/C15H17N3/c1-2-3-4-9-14(18-16)15-13-8-6-5-7-12(13)10-11-17-15/h1,5-8,10-11,14,18H,3-4,9,16H2. The van der Waals surface area contributed by atoms with Gasteiger partial charge in [0.1, 0.15) is 0 Å². The Morgan fingerprint density at radius 1 is 1.33 bits per heavy atom. The van der Waals surface area contributed by atoms with Crippen LogP contribution in [-0.4, -0.2) is 4.98 Å². The van der Waals surface area contributed by atoms with Crippen LogP contribution in [0.4, 0.5) is 0 Å². The van der Waals surface area contributed by atoms with Gasteiger partial charge in [-0.2, -0.15) is 0 Å². The van der Waals surface area contributed by atoms with E-state index < -0.39 is 0 Å². The molecule has 2 aromatic rings. The van der Waals surface area contributed by atoms with Crippen LogP contribution in [0.1, 0.15) is 31.0 Å². The molecule has 0 fully saturated rings. The number of hydrogen-bond acceptors (Lipinski definition) is 3. The van der Waals surface area contributed by atoms with E-state index in [0.717, 1.165) is 30.3 Å². The fourth-order valence-electron chi connectivity index (χ4n) is 2.13. The van der Waals surface area contributed by atoms with Crippen molar-refractivity contribution in [2.45, 2.75) is 25.3 Å². The largest absolute Gasteiger partial charge is 0.271 e. The summed E-state index contributed by atoms with van der Waals surface area (Å²) in [7, 11) is 0. The number of hydrogen-bond donors (Lipinski definition) is 2. The number of terminal acetylenes is 1. The highest BCUT2D eigenvalue weighted by Crippen LogP contribution is 2.24. The summed E-state index contributed by atoms with van der Waals surface area (Å²) in [5.41, 5.74) is 3.83. The molecule has 0 radical (unpaired) electrons. The van der Waals surface area contributed by atoms with Gasteiger partial charge in [0.15, 0.2) is 0 Å². The third kappa shape index (κ3) is 2.67. The van der Waals surface area contributed by atoms with Gasteiger partial charge in [0.25, 0.3) is 0 Å². The molecule has 0 spiro atoms. The van der Waals surface area contributed by atoms with Gasteiger partial charge in [-0.25, -0.2) is 0 Å². The Kier molecular flexibility index (Phi) is 4.30. The first-order valence-corrected chi connectivity index (χ1v) is 6.10. The number of nitrogens with one attached hydrogen (secondary N) is 1. The number of benzene rings is 1. The maximum Gasteiger partial charge on any atom is 0.0664 e. The molecule has 1 unspecified atom stereocenters. The van der Waals surface area contributed by atoms with Gasteiger partial charge >= 0.3 is 0 Å². The summed E-state index contributed by atoms with van der Waals surface area (Å²) in [6.07, 6.45) is 9.69. The van der Waals surface area contributed by atoms with Gasteiger partial charge < -0.3 is 0 Å². The zero-order chi connectivity index (χ0) is 12.8. The monoisotopic (exact) mass is 239 g/mol. The Morgan fingerprint density at radius 2 is 2.17 bits per heavy atom. The lowest BCUT2D eigenvalue weighted by Gasteiger charge is -2.16. The highest BCUT2D eigenvalue weighted by Gasteiger charge is 2.13. The van der Waals surface area contributed by atoms with Crippen molar-refractivity contribution >= 4 is 10.8 Å². The Balaban J connectivity index is 2.30. The molecule has 18 heavy (non-hydrogen) atoms. The fourth-order valence-corrected chi connectivity index (χ4v) is 2.13. The molecule has 3 N–H and O–H groups in total. The maximum atomic E-state index is 5.64. The van der Waals surface area contributed by atoms with Crippen LogP contribution >= 0.6 is 0 Å². The zero-order valence-corrected chi connectivity index (χ0v) is 10.3. The predicted molar refractivity (Wildman–Crippen MR) is 74.5 cm³/mol. The zero-order valence-electron chi connectivity index (χ0n) is 10.3. The second kappa shape index (κ2) is 6.15. The summed E-state index contributed by atoms with van der Waals surface area (Å²) in [6.45, 7) is 0. The molecule has 1 aromatic carbocycles. The van der Waals surface area contributed by atoms with Crippen LogP contribution in [0.3, 0.4) is 0 Å². The summed E-state index contributed by atoms with van der Waals surface area (Å²) in [5, 5.41) is 2.32. The number of hydrazine groups is 1. The number of fused-ring (bicyclic) bond motifs is 1. The number of pyridine rings is 1. The number of unbranched alkanes of at least 4 members (excludes halogenated alkanes) is 1. The van der Waals surface area contributed by atoms with Gasteiger partial charge in [0, 0.05) is 18.0 Å². The second-order valence-corrected chi connectivity index (χ2v) is 4.23. The predicted octanol–water partition coefficient (Wildman–Crippen LogP) is 2.54. The van der Waals surface area contributed by atoms with Crippen molar-refractivity contribution in [1.29, 1.82) is 0 Å². The van der Waals surface area contributed by atoms with Crippen molar-refractivity contribution in [3.05, 3.63) is 42.2 Å². The molecule has 1 heterocycles. The molecule has 0 bridgehead atoms. The van der Waals surface area contributed by atoms with E-state index in [-0.39, 0.29) is 6.04 Å². The van der Waals surface area contributed by atoms with Gasteiger partial charge in [-0.05, 0) is 24.3 Å². The Bertz CT molecular complexity index is 552. The van der Waals surface area contributed by atoms with E-state index in [0.29, 0.717) is 0 Å². The van der Waals surface area contributed by atoms with Crippen LogP contribution in [0.5, 0.6) is 0 Å². The summed E-state index contributed by atoms with van der Waals surface area (Å²) in [6, 6.07) is 10.2. The normalized spacial score (nSPS) is 12.2. The van der Waals surface area contributed by atoms with Crippen LogP contribution in [0, 0.1) is 12.3 Å². The molecule has 0 saturated carbocycles. The van der Waals surface area contributed by atoms with Gasteiger partial charge in [-0.1, -0.05) is 24.3 Å². The molecular formula is C15H17N3. The number of aromatic nitrogens is 1. The van der Waals surface area contributed by atoms with Crippen molar-refractivity contribution in [2.24, 2.45) is 5.84 Å². The third-order valence-corrected chi connectivity index (χ3v) is 3.05. The molecule has 3 nitrogen and oxygen atoms in total. The molecule has 0 aliphatic rings. The van der Waals surface area contributed by atoms with Crippen LogP contribution in [0.25, 0.3) is 10.8 Å². The third-order valence-electron chi connectivity index (χ3n) is 3.05. The van der Waals surface area contributed by atoms with Crippen molar-refractivity contribution in [2.75, 3.05) is 0 Å². The van der Waals surface area contributed by atoms with E-state index in [1.807, 2.05) is 24.4 Å². The molecule has 0 aliphatic carbocycles. The van der Waals surface area contributed by atoms with Gasteiger partial charge in [0.2, 0.25) is 0 Å². The molecule has 0 aliphatic heterocycles. The number of nitrogens with two attached hydrogens (primary N) is 1. The average Bonchev–Trinajstić information content (AvgIpc) is 2.43. The molecule has 3 heteroatoms. The van der Waals surface area contributed by atoms with Gasteiger partial charge in [-0.3, -0.25) is 16.3 Å². The van der Waals surface area contributed by atoms with E-state index in [1.165, 1.54) is 5.39 Å². The van der Waals surface area contributed by atoms with Crippen LogP contribution in [-0.2, 0) is 0 Å². The van der Waals surface area contributed by atoms with E-state index in [1.54, 1.807) is 0 Å². The first-order valence-electron chi connectivity index (χ1n) is 6.10. The smallest absolute Gasteiger partial charge is 0.0664 e. The summed E-state index contributed by atoms with van der Waals surface area (Å²) >= 11 is 0. The lowest BCUT2D eigenvalue weighted by Crippen LogP contribution is -2.28. The quantitative estimate of drug-likeness (QED) is 0.365. The van der Waals surface area contributed by atoms with Crippen LogP contribution in [0.15, 0.2) is 36.5 Å². The highest BCUT2D eigenvalue weighted by molar-refractivity contribution is 5.84. The molecule has 92 valence electrons. The Labute approximate surface area is 107 Å². The maximum absolute atomic E-state index is 5.64. The minimum atomic E-state index is 0.0458. The highest BCUT2D eigenvalue weighted by atomic mass is 15.2. The second-order valence-electron chi connectivity index (χ2n) is 4.23. The van der Waals surface area contributed by atoms with E-state index in [2.05, 4.69) is 28.5 Å².